The molecule has 0 spiro atoms. The molecule has 2 aromatic carbocycles. The minimum absolute atomic E-state index is 0.631. The van der Waals surface area contributed by atoms with Gasteiger partial charge in [-0.05, 0) is 55.5 Å². The maximum Gasteiger partial charge on any atom is 0.150 e. The van der Waals surface area contributed by atoms with E-state index in [2.05, 4.69) is 24.3 Å². The van der Waals surface area contributed by atoms with E-state index in [1.54, 1.807) is 18.6 Å². The second-order valence-electron chi connectivity index (χ2n) is 6.03. The van der Waals surface area contributed by atoms with E-state index < -0.39 is 0 Å². The Morgan fingerprint density at radius 1 is 0.960 bits per heavy atom. The highest BCUT2D eigenvalue weighted by Crippen LogP contribution is 2.31. The molecule has 0 aliphatic heterocycles. The van der Waals surface area contributed by atoms with Crippen molar-refractivity contribution < 1.29 is 13.9 Å². The molecule has 1 heterocycles. The zero-order valence-corrected chi connectivity index (χ0v) is 14.2. The third-order valence-corrected chi connectivity index (χ3v) is 4.18. The van der Waals surface area contributed by atoms with Crippen LogP contribution in [-0.4, -0.2) is 12.9 Å². The van der Waals surface area contributed by atoms with E-state index in [0.29, 0.717) is 12.2 Å². The summed E-state index contributed by atoms with van der Waals surface area (Å²) in [5, 5.41) is 0. The predicted octanol–water partition coefficient (Wildman–Crippen LogP) is 5.55. The van der Waals surface area contributed by atoms with Crippen LogP contribution in [0.5, 0.6) is 5.75 Å². The van der Waals surface area contributed by atoms with Gasteiger partial charge in [-0.3, -0.25) is 4.79 Å². The van der Waals surface area contributed by atoms with Crippen LogP contribution >= 0.6 is 0 Å². The third-order valence-electron chi connectivity index (χ3n) is 4.18. The molecule has 0 atom stereocenters. The monoisotopic (exact) mass is 334 g/mol. The number of hydrogen-bond donors (Lipinski definition) is 0. The molecule has 3 heteroatoms. The number of carbonyl (C=O) groups excluding carboxylic acids is 1. The van der Waals surface area contributed by atoms with Crippen LogP contribution in [0.2, 0.25) is 0 Å². The summed E-state index contributed by atoms with van der Waals surface area (Å²) in [5.74, 6) is 0.787. The maximum atomic E-state index is 11.0. The van der Waals surface area contributed by atoms with Gasteiger partial charge in [0.1, 0.15) is 12.0 Å². The second-order valence-corrected chi connectivity index (χ2v) is 6.03. The minimum atomic E-state index is 0.631. The van der Waals surface area contributed by atoms with Gasteiger partial charge in [-0.1, -0.05) is 30.3 Å². The van der Waals surface area contributed by atoms with E-state index in [-0.39, 0.29) is 0 Å². The number of rotatable bonds is 9. The number of carbonyl (C=O) groups is 1. The predicted molar refractivity (Wildman–Crippen MR) is 99.0 cm³/mol. The molecule has 0 aliphatic rings. The van der Waals surface area contributed by atoms with E-state index in [1.165, 1.54) is 5.56 Å². The molecule has 0 bridgehead atoms. The zero-order chi connectivity index (χ0) is 17.3. The Morgan fingerprint density at radius 2 is 1.84 bits per heavy atom. The average Bonchev–Trinajstić information content (AvgIpc) is 3.20. The zero-order valence-electron chi connectivity index (χ0n) is 14.2. The van der Waals surface area contributed by atoms with Crippen LogP contribution in [0.3, 0.4) is 0 Å². The van der Waals surface area contributed by atoms with Gasteiger partial charge in [0.25, 0.3) is 0 Å². The minimum Gasteiger partial charge on any atom is -0.493 e. The van der Waals surface area contributed by atoms with Gasteiger partial charge >= 0.3 is 0 Å². The Morgan fingerprint density at radius 3 is 2.60 bits per heavy atom. The molecule has 3 aromatic rings. The normalized spacial score (nSPS) is 10.6. The van der Waals surface area contributed by atoms with E-state index in [1.807, 2.05) is 24.3 Å². The lowest BCUT2D eigenvalue weighted by Crippen LogP contribution is -2.00. The van der Waals surface area contributed by atoms with E-state index in [4.69, 9.17) is 9.15 Å². The van der Waals surface area contributed by atoms with Crippen LogP contribution in [0.4, 0.5) is 0 Å². The topological polar surface area (TPSA) is 39.4 Å². The summed E-state index contributed by atoms with van der Waals surface area (Å²) in [6, 6.07) is 17.9. The van der Waals surface area contributed by atoms with Crippen molar-refractivity contribution in [2.24, 2.45) is 0 Å². The molecule has 0 N–H and O–H groups in total. The quantitative estimate of drug-likeness (QED) is 0.380. The lowest BCUT2D eigenvalue weighted by molar-refractivity contribution is 0.112. The van der Waals surface area contributed by atoms with E-state index >= 15 is 0 Å². The van der Waals surface area contributed by atoms with E-state index in [0.717, 1.165) is 48.8 Å². The van der Waals surface area contributed by atoms with Gasteiger partial charge < -0.3 is 9.15 Å². The first-order chi connectivity index (χ1) is 12.4. The highest BCUT2D eigenvalue weighted by atomic mass is 16.5. The summed E-state index contributed by atoms with van der Waals surface area (Å²) in [7, 11) is 0. The largest absolute Gasteiger partial charge is 0.493 e. The van der Waals surface area contributed by atoms with Gasteiger partial charge in [-0.15, -0.1) is 0 Å². The number of aldehydes is 1. The maximum absolute atomic E-state index is 11.0. The van der Waals surface area contributed by atoms with Gasteiger partial charge in [-0.2, -0.15) is 0 Å². The highest BCUT2D eigenvalue weighted by molar-refractivity contribution is 5.81. The fraction of sp³-hybridized carbons (Fsp3) is 0.227. The standard InChI is InChI=1S/C22H22O3/c23-16-19-10-11-22(21(15-19)20-12-14-24-17-20)25-13-6-2-5-9-18-7-3-1-4-8-18/h1,3-4,7-8,10-12,14-17H,2,5-6,9,13H2. The molecule has 25 heavy (non-hydrogen) atoms. The number of ether oxygens (including phenoxy) is 1. The Labute approximate surface area is 148 Å². The smallest absolute Gasteiger partial charge is 0.150 e. The molecule has 0 fully saturated rings. The first-order valence-corrected chi connectivity index (χ1v) is 8.65. The first-order valence-electron chi connectivity index (χ1n) is 8.65. The number of hydrogen-bond acceptors (Lipinski definition) is 3. The molecular formula is C22H22O3. The number of benzene rings is 2. The molecular weight excluding hydrogens is 312 g/mol. The molecule has 1 aromatic heterocycles. The van der Waals surface area contributed by atoms with Crippen molar-refractivity contribution in [2.45, 2.75) is 25.7 Å². The van der Waals surface area contributed by atoms with Crippen molar-refractivity contribution in [1.29, 1.82) is 0 Å². The molecule has 0 radical (unpaired) electrons. The first kappa shape index (κ1) is 17.0. The van der Waals surface area contributed by atoms with Crippen LogP contribution in [0.1, 0.15) is 35.2 Å². The molecule has 0 amide bonds. The van der Waals surface area contributed by atoms with Gasteiger partial charge in [0.05, 0.1) is 19.1 Å². The number of furan rings is 1. The highest BCUT2D eigenvalue weighted by Gasteiger charge is 2.09. The summed E-state index contributed by atoms with van der Waals surface area (Å²) in [4.78, 5) is 11.0. The van der Waals surface area contributed by atoms with Crippen molar-refractivity contribution >= 4 is 6.29 Å². The van der Waals surface area contributed by atoms with Crippen molar-refractivity contribution in [2.75, 3.05) is 6.61 Å². The summed E-state index contributed by atoms with van der Waals surface area (Å²) < 4.78 is 11.1. The van der Waals surface area contributed by atoms with Crippen LogP contribution in [0, 0.1) is 0 Å². The van der Waals surface area contributed by atoms with Gasteiger partial charge in [0.15, 0.2) is 0 Å². The Balaban J connectivity index is 1.50. The van der Waals surface area contributed by atoms with E-state index in [9.17, 15) is 4.79 Å². The van der Waals surface area contributed by atoms with Gasteiger partial charge in [0, 0.05) is 16.7 Å². The average molecular weight is 334 g/mol. The molecule has 3 nitrogen and oxygen atoms in total. The second kappa shape index (κ2) is 8.88. The summed E-state index contributed by atoms with van der Waals surface area (Å²) >= 11 is 0. The SMILES string of the molecule is O=Cc1ccc(OCCCCCc2ccccc2)c(-c2ccoc2)c1. The Hall–Kier alpha value is -2.81. The molecule has 0 saturated carbocycles. The fourth-order valence-corrected chi connectivity index (χ4v) is 2.82. The molecule has 0 unspecified atom stereocenters. The molecule has 3 rings (SSSR count). The van der Waals surface area contributed by atoms with Gasteiger partial charge in [0.2, 0.25) is 0 Å². The lowest BCUT2D eigenvalue weighted by Gasteiger charge is -2.11. The number of aryl methyl sites for hydroxylation is 1. The molecule has 128 valence electrons. The molecule has 0 saturated heterocycles. The van der Waals surface area contributed by atoms with Crippen molar-refractivity contribution in [3.63, 3.8) is 0 Å². The summed E-state index contributed by atoms with van der Waals surface area (Å²) in [6.07, 6.45) is 8.53. The number of unbranched alkanes of at least 4 members (excludes halogenated alkanes) is 2. The van der Waals surface area contributed by atoms with Crippen LogP contribution in [0.15, 0.2) is 71.5 Å². The lowest BCUT2D eigenvalue weighted by atomic mass is 10.0. The van der Waals surface area contributed by atoms with Crippen LogP contribution < -0.4 is 4.74 Å². The molecule has 0 aliphatic carbocycles. The summed E-state index contributed by atoms with van der Waals surface area (Å²) in [5.41, 5.74) is 3.83. The van der Waals surface area contributed by atoms with Crippen LogP contribution in [0.25, 0.3) is 11.1 Å². The van der Waals surface area contributed by atoms with Crippen LogP contribution in [-0.2, 0) is 6.42 Å². The third kappa shape index (κ3) is 4.83. The van der Waals surface area contributed by atoms with Gasteiger partial charge in [-0.25, -0.2) is 0 Å². The van der Waals surface area contributed by atoms with Crippen molar-refractivity contribution in [3.05, 3.63) is 78.3 Å². The Kier molecular flexibility index (Phi) is 6.05. The van der Waals surface area contributed by atoms with Crippen molar-refractivity contribution in [1.82, 2.24) is 0 Å². The summed E-state index contributed by atoms with van der Waals surface area (Å²) in [6.45, 7) is 0.667. The fourth-order valence-electron chi connectivity index (χ4n) is 2.82. The Bertz CT molecular complexity index is 776. The van der Waals surface area contributed by atoms with Crippen molar-refractivity contribution in [3.8, 4) is 16.9 Å².